The highest BCUT2D eigenvalue weighted by atomic mass is 16.7. The van der Waals surface area contributed by atoms with Crippen LogP contribution in [0.1, 0.15) is 107 Å². The molecule has 356 valence electrons. The van der Waals surface area contributed by atoms with Crippen LogP contribution in [0.15, 0.2) is 47.3 Å². The first-order valence-electron chi connectivity index (χ1n) is 23.6. The number of rotatable bonds is 9. The minimum atomic E-state index is -1.70. The van der Waals surface area contributed by atoms with Crippen LogP contribution in [0.25, 0.3) is 0 Å². The van der Waals surface area contributed by atoms with Crippen LogP contribution in [0, 0.1) is 29.6 Å². The van der Waals surface area contributed by atoms with Crippen molar-refractivity contribution < 1.29 is 67.1 Å². The van der Waals surface area contributed by atoms with Gasteiger partial charge in [-0.3, -0.25) is 4.79 Å². The molecule has 20 atom stereocenters. The molecule has 0 aromatic heterocycles. The Morgan fingerprint density at radius 3 is 2.32 bits per heavy atom. The van der Waals surface area contributed by atoms with Gasteiger partial charge in [-0.05, 0) is 69.6 Å². The number of methoxy groups -OCH3 is 3. The van der Waals surface area contributed by atoms with Crippen LogP contribution >= 0.6 is 0 Å². The summed E-state index contributed by atoms with van der Waals surface area (Å²) in [7, 11) is 4.86. The normalized spacial score (nSPS) is 46.5. The van der Waals surface area contributed by atoms with Crippen LogP contribution in [0.4, 0.5) is 0 Å². The number of aliphatic hydroxyl groups excluding tert-OH is 1. The summed E-state index contributed by atoms with van der Waals surface area (Å²) in [5.41, 5.74) is 0.146. The molecule has 2 N–H and O–H groups in total. The summed E-state index contributed by atoms with van der Waals surface area (Å²) in [6.07, 6.45) is 8.63. The van der Waals surface area contributed by atoms with Crippen molar-refractivity contribution >= 4 is 5.97 Å². The highest BCUT2D eigenvalue weighted by Gasteiger charge is 2.61. The molecule has 20 unspecified atom stereocenters. The van der Waals surface area contributed by atoms with Crippen LogP contribution < -0.4 is 0 Å². The number of carbonyl (C=O) groups is 1. The van der Waals surface area contributed by atoms with Crippen LogP contribution in [-0.2, 0) is 56.9 Å². The second kappa shape index (κ2) is 20.3. The molecule has 1 aliphatic carbocycles. The van der Waals surface area contributed by atoms with Crippen LogP contribution in [0.5, 0.6) is 0 Å². The zero-order chi connectivity index (χ0) is 45.4. The first-order valence-corrected chi connectivity index (χ1v) is 23.6. The van der Waals surface area contributed by atoms with Gasteiger partial charge in [-0.25, -0.2) is 0 Å². The van der Waals surface area contributed by atoms with Gasteiger partial charge in [-0.15, -0.1) is 0 Å². The van der Waals surface area contributed by atoms with Crippen LogP contribution in [0.3, 0.4) is 0 Å². The van der Waals surface area contributed by atoms with Gasteiger partial charge < -0.3 is 62.3 Å². The highest BCUT2D eigenvalue weighted by molar-refractivity contribution is 5.78. The van der Waals surface area contributed by atoms with Gasteiger partial charge in [0.05, 0.1) is 61.4 Å². The zero-order valence-electron chi connectivity index (χ0n) is 39.4. The molecule has 5 saturated heterocycles. The van der Waals surface area contributed by atoms with Crippen molar-refractivity contribution in [2.24, 2.45) is 29.6 Å². The predicted molar refractivity (Wildman–Crippen MR) is 232 cm³/mol. The van der Waals surface area contributed by atoms with E-state index in [1.54, 1.807) is 33.5 Å². The Kier molecular flexibility index (Phi) is 15.7. The predicted octanol–water partition coefficient (Wildman–Crippen LogP) is 6.46. The van der Waals surface area contributed by atoms with Crippen molar-refractivity contribution in [1.82, 2.24) is 0 Å². The van der Waals surface area contributed by atoms with Crippen molar-refractivity contribution in [3.05, 3.63) is 47.3 Å². The fourth-order valence-electron chi connectivity index (χ4n) is 11.3. The minimum Gasteiger partial charge on any atom is -0.494 e. The Hall–Kier alpha value is -2.21. The molecule has 6 aliphatic heterocycles. The van der Waals surface area contributed by atoms with Gasteiger partial charge >= 0.3 is 5.97 Å². The van der Waals surface area contributed by atoms with Gasteiger partial charge in [0.25, 0.3) is 0 Å². The van der Waals surface area contributed by atoms with Gasteiger partial charge in [0.2, 0.25) is 0 Å². The van der Waals surface area contributed by atoms with E-state index in [-0.39, 0.29) is 30.8 Å². The number of aliphatic hydroxyl groups is 2. The number of hydrogen-bond acceptors (Lipinski definition) is 14. The quantitative estimate of drug-likeness (QED) is 0.192. The fraction of sp³-hybridized carbons (Fsp3) is 0.816. The van der Waals surface area contributed by atoms with Crippen LogP contribution in [-0.4, -0.2) is 135 Å². The van der Waals surface area contributed by atoms with E-state index in [1.807, 2.05) is 32.9 Å². The molecule has 7 aliphatic rings. The van der Waals surface area contributed by atoms with Gasteiger partial charge in [-0.2, -0.15) is 0 Å². The number of hydrogen-bond donors (Lipinski definition) is 2. The highest BCUT2D eigenvalue weighted by Crippen LogP contribution is 2.50. The van der Waals surface area contributed by atoms with E-state index in [1.165, 1.54) is 0 Å². The second-order valence-corrected chi connectivity index (χ2v) is 19.6. The molecule has 2 bridgehead atoms. The van der Waals surface area contributed by atoms with E-state index in [0.717, 1.165) is 24.0 Å². The first kappa shape index (κ1) is 48.7. The van der Waals surface area contributed by atoms with E-state index < -0.39 is 90.6 Å². The zero-order valence-corrected chi connectivity index (χ0v) is 39.4. The third kappa shape index (κ3) is 10.1. The lowest BCUT2D eigenvalue weighted by molar-refractivity contribution is -0.340. The third-order valence-electron chi connectivity index (χ3n) is 15.2. The second-order valence-electron chi connectivity index (χ2n) is 19.6. The molecular formula is C49H76O14. The average molecular weight is 889 g/mol. The van der Waals surface area contributed by atoms with Crippen LogP contribution in [0.2, 0.25) is 0 Å². The summed E-state index contributed by atoms with van der Waals surface area (Å²) in [6.45, 7) is 16.7. The molecular weight excluding hydrogens is 813 g/mol. The Morgan fingerprint density at radius 2 is 1.60 bits per heavy atom. The largest absolute Gasteiger partial charge is 0.494 e. The van der Waals surface area contributed by atoms with E-state index in [9.17, 15) is 15.0 Å². The maximum Gasteiger partial charge on any atom is 0.316 e. The molecule has 0 saturated carbocycles. The summed E-state index contributed by atoms with van der Waals surface area (Å²) in [6, 6.07) is 0. The van der Waals surface area contributed by atoms with E-state index in [4.69, 9.17) is 52.1 Å². The molecule has 5 fully saturated rings. The maximum absolute atomic E-state index is 14.5. The maximum atomic E-state index is 14.5. The topological polar surface area (TPSA) is 159 Å². The number of esters is 1. The van der Waals surface area contributed by atoms with Gasteiger partial charge in [-0.1, -0.05) is 58.4 Å². The van der Waals surface area contributed by atoms with Crippen molar-refractivity contribution in [1.29, 1.82) is 0 Å². The monoisotopic (exact) mass is 889 g/mol. The molecule has 0 amide bonds. The van der Waals surface area contributed by atoms with Gasteiger partial charge in [0, 0.05) is 59.4 Å². The molecule has 7 rings (SSSR count). The minimum absolute atomic E-state index is 0.00634. The molecule has 63 heavy (non-hydrogen) atoms. The summed E-state index contributed by atoms with van der Waals surface area (Å²) >= 11 is 0. The number of allylic oxidation sites excluding steroid dienone is 2. The third-order valence-corrected chi connectivity index (χ3v) is 15.2. The lowest BCUT2D eigenvalue weighted by Crippen LogP contribution is -2.57. The van der Waals surface area contributed by atoms with E-state index in [0.29, 0.717) is 56.1 Å². The average Bonchev–Trinajstić information content (AvgIpc) is 3.59. The van der Waals surface area contributed by atoms with Gasteiger partial charge in [0.15, 0.2) is 18.4 Å². The van der Waals surface area contributed by atoms with Crippen molar-refractivity contribution in [3.8, 4) is 0 Å². The molecule has 0 radical (unpaired) electrons. The summed E-state index contributed by atoms with van der Waals surface area (Å²) < 4.78 is 70.2. The molecule has 6 heterocycles. The Bertz CT molecular complexity index is 1690. The van der Waals surface area contributed by atoms with E-state index in [2.05, 4.69) is 40.7 Å². The smallest absolute Gasteiger partial charge is 0.316 e. The Labute approximate surface area is 374 Å². The lowest BCUT2D eigenvalue weighted by Gasteiger charge is -2.51. The van der Waals surface area contributed by atoms with Crippen molar-refractivity contribution in [2.45, 2.75) is 198 Å². The molecule has 0 aromatic carbocycles. The van der Waals surface area contributed by atoms with Gasteiger partial charge in [0.1, 0.15) is 35.6 Å². The Balaban J connectivity index is 1.18. The number of fused-ring (bicyclic) bond motifs is 2. The lowest BCUT2D eigenvalue weighted by atomic mass is 9.68. The Morgan fingerprint density at radius 1 is 0.889 bits per heavy atom. The van der Waals surface area contributed by atoms with E-state index >= 15 is 0 Å². The number of ether oxygens (including phenoxy) is 11. The molecule has 0 aromatic rings. The first-order chi connectivity index (χ1) is 30.0. The summed E-state index contributed by atoms with van der Waals surface area (Å²) in [4.78, 5) is 14.5. The molecule has 1 spiro atoms. The standard InChI is InChI=1S/C49H76O14/c1-12-26(2)44-29(5)18-19-48(63-44)24-34-21-33(62-48)17-16-28(4)43(60-41-23-38(54-10)46(32(8)58-41)61-40-22-37(53-9)42(50)31(7)57-40)27(3)14-13-15-39-49(52)35(47(51)59-34)20-30(6)45(55-11)36(49)25-56-39/h13-16,20,26-27,29,31-38,40-46,50,52H,12,17-19,21-25H2,1-11H3. The SMILES string of the molecule is CCC(C)C1OC2(CCC1C)CC1CC(CC=C(C)C(OC3CC(OC)C(OC4CC(OC)C(O)C(C)O4)C(C)O3)C(C)C=CC=C3OCC4C(OC)C(C)=CC(C(=O)O1)C34O)O2. The fourth-order valence-corrected chi connectivity index (χ4v) is 11.3. The van der Waals surface area contributed by atoms with Crippen molar-refractivity contribution in [2.75, 3.05) is 27.9 Å². The molecule has 14 nitrogen and oxygen atoms in total. The summed E-state index contributed by atoms with van der Waals surface area (Å²) in [5, 5.41) is 23.3. The van der Waals surface area contributed by atoms with Crippen molar-refractivity contribution in [3.63, 3.8) is 0 Å². The number of carbonyl (C=O) groups excluding carboxylic acids is 1. The summed E-state index contributed by atoms with van der Waals surface area (Å²) in [5.74, 6) is -2.13. The molecule has 14 heteroatoms.